The highest BCUT2D eigenvalue weighted by Gasteiger charge is 2.29. The van der Waals surface area contributed by atoms with Crippen LogP contribution in [0.2, 0.25) is 0 Å². The van der Waals surface area contributed by atoms with Gasteiger partial charge >= 0.3 is 5.97 Å². The van der Waals surface area contributed by atoms with Crippen LogP contribution in [0.1, 0.15) is 50.9 Å². The molecule has 0 spiro atoms. The minimum absolute atomic E-state index is 0.389. The Bertz CT molecular complexity index is 1210. The van der Waals surface area contributed by atoms with E-state index < -0.39 is 17.7 Å². The first-order valence-electron chi connectivity index (χ1n) is 11.2. The number of aryl methyl sites for hydroxylation is 1. The number of rotatable bonds is 7. The molecule has 0 amide bonds. The van der Waals surface area contributed by atoms with Crippen LogP contribution < -0.4 is 10.5 Å². The molecule has 1 aliphatic rings. The molecule has 0 aliphatic carbocycles. The van der Waals surface area contributed by atoms with Crippen LogP contribution in [0.25, 0.3) is 16.7 Å². The van der Waals surface area contributed by atoms with Gasteiger partial charge in [0.25, 0.3) is 0 Å². The van der Waals surface area contributed by atoms with Crippen molar-refractivity contribution in [2.75, 3.05) is 6.61 Å². The third-order valence-electron chi connectivity index (χ3n) is 5.49. The van der Waals surface area contributed by atoms with Crippen molar-refractivity contribution in [2.45, 2.75) is 59.3 Å². The number of esters is 1. The van der Waals surface area contributed by atoms with Crippen LogP contribution in [-0.4, -0.2) is 33.8 Å². The molecular weight excluding hydrogens is 418 g/mol. The first-order valence-corrected chi connectivity index (χ1v) is 11.2. The maximum Gasteiger partial charge on any atom is 0.347 e. The summed E-state index contributed by atoms with van der Waals surface area (Å²) >= 11 is 0. The fourth-order valence-corrected chi connectivity index (χ4v) is 3.89. The van der Waals surface area contributed by atoms with E-state index in [4.69, 9.17) is 19.9 Å². The predicted octanol–water partition coefficient (Wildman–Crippen LogP) is 4.55. The minimum atomic E-state index is -0.757. The summed E-state index contributed by atoms with van der Waals surface area (Å²) in [5, 5.41) is 0.804. The molecule has 0 saturated heterocycles. The van der Waals surface area contributed by atoms with Crippen molar-refractivity contribution in [3.63, 3.8) is 0 Å². The lowest BCUT2D eigenvalue weighted by atomic mass is 10.1. The van der Waals surface area contributed by atoms with Gasteiger partial charge in [0.1, 0.15) is 12.2 Å². The molecular formula is C26H31N3O4. The maximum atomic E-state index is 12.7. The largest absolute Gasteiger partial charge is 0.485 e. The Balaban J connectivity index is 1.79. The molecule has 2 N–H and O–H groups in total. The Labute approximate surface area is 194 Å². The normalized spacial score (nSPS) is 14.6. The zero-order valence-corrected chi connectivity index (χ0v) is 19.8. The van der Waals surface area contributed by atoms with Crippen LogP contribution in [0.15, 0.2) is 48.3 Å². The smallest absolute Gasteiger partial charge is 0.347 e. The van der Waals surface area contributed by atoms with E-state index in [0.29, 0.717) is 36.9 Å². The number of carbonyl (C=O) groups is 1. The lowest BCUT2D eigenvalue weighted by molar-refractivity contribution is -0.163. The summed E-state index contributed by atoms with van der Waals surface area (Å²) in [4.78, 5) is 17.3. The molecule has 0 radical (unpaired) electrons. The Morgan fingerprint density at radius 2 is 2.00 bits per heavy atom. The molecule has 3 aromatic rings. The summed E-state index contributed by atoms with van der Waals surface area (Å²) in [6.45, 7) is 10.5. The summed E-state index contributed by atoms with van der Waals surface area (Å²) in [5.41, 5.74) is 10.2. The SMILES string of the molecule is CCC(Oc1ncc(C2=C(N)CO2)c2c1cc(C)n2Cc1ccccc1)C(=O)OC(C)(C)C. The van der Waals surface area contributed by atoms with Crippen molar-refractivity contribution in [1.82, 2.24) is 9.55 Å². The fourth-order valence-electron chi connectivity index (χ4n) is 3.89. The van der Waals surface area contributed by atoms with E-state index in [-0.39, 0.29) is 0 Å². The van der Waals surface area contributed by atoms with Crippen LogP contribution in [-0.2, 0) is 20.8 Å². The Morgan fingerprint density at radius 1 is 1.27 bits per heavy atom. The highest BCUT2D eigenvalue weighted by Crippen LogP contribution is 2.37. The highest BCUT2D eigenvalue weighted by molar-refractivity contribution is 5.95. The van der Waals surface area contributed by atoms with Crippen LogP contribution in [0.3, 0.4) is 0 Å². The Kier molecular flexibility index (Phi) is 6.06. The molecule has 33 heavy (non-hydrogen) atoms. The van der Waals surface area contributed by atoms with Gasteiger partial charge in [-0.15, -0.1) is 0 Å². The van der Waals surface area contributed by atoms with Crippen LogP contribution in [0, 0.1) is 6.92 Å². The average Bonchev–Trinajstić information content (AvgIpc) is 3.08. The van der Waals surface area contributed by atoms with Gasteiger partial charge in [0.15, 0.2) is 11.9 Å². The number of pyridine rings is 1. The van der Waals surface area contributed by atoms with Gasteiger partial charge in [-0.05, 0) is 45.7 Å². The molecule has 0 bridgehead atoms. The number of carbonyl (C=O) groups excluding carboxylic acids is 1. The molecule has 1 aromatic carbocycles. The number of benzene rings is 1. The van der Waals surface area contributed by atoms with Gasteiger partial charge in [-0.3, -0.25) is 0 Å². The predicted molar refractivity (Wildman–Crippen MR) is 128 cm³/mol. The summed E-state index contributed by atoms with van der Waals surface area (Å²) in [6, 6.07) is 12.3. The van der Waals surface area contributed by atoms with Crippen molar-refractivity contribution >= 4 is 22.6 Å². The number of hydrogen-bond acceptors (Lipinski definition) is 6. The van der Waals surface area contributed by atoms with Gasteiger partial charge in [0, 0.05) is 18.4 Å². The van der Waals surface area contributed by atoms with Crippen molar-refractivity contribution < 1.29 is 19.0 Å². The molecule has 2 aromatic heterocycles. The third-order valence-corrected chi connectivity index (χ3v) is 5.49. The molecule has 0 saturated carbocycles. The Morgan fingerprint density at radius 3 is 2.58 bits per heavy atom. The van der Waals surface area contributed by atoms with E-state index in [1.807, 2.05) is 58.9 Å². The number of nitrogens with two attached hydrogens (primary N) is 1. The second-order valence-electron chi connectivity index (χ2n) is 9.29. The van der Waals surface area contributed by atoms with Gasteiger partial charge in [0.05, 0.1) is 22.2 Å². The average molecular weight is 450 g/mol. The molecule has 1 aliphatic heterocycles. The minimum Gasteiger partial charge on any atom is -0.485 e. The van der Waals surface area contributed by atoms with Crippen molar-refractivity contribution in [3.8, 4) is 5.88 Å². The highest BCUT2D eigenvalue weighted by atomic mass is 16.6. The summed E-state index contributed by atoms with van der Waals surface area (Å²) in [6.07, 6.45) is 1.42. The fraction of sp³-hybridized carbons (Fsp3) is 0.385. The van der Waals surface area contributed by atoms with E-state index in [2.05, 4.69) is 21.7 Å². The quantitative estimate of drug-likeness (QED) is 0.533. The molecule has 7 heteroatoms. The number of fused-ring (bicyclic) bond motifs is 1. The number of ether oxygens (including phenoxy) is 3. The van der Waals surface area contributed by atoms with Crippen LogP contribution in [0.4, 0.5) is 0 Å². The maximum absolute atomic E-state index is 12.7. The zero-order chi connectivity index (χ0) is 23.8. The summed E-state index contributed by atoms with van der Waals surface area (Å²) in [7, 11) is 0. The molecule has 7 nitrogen and oxygen atoms in total. The molecule has 4 rings (SSSR count). The van der Waals surface area contributed by atoms with E-state index in [0.717, 1.165) is 22.2 Å². The van der Waals surface area contributed by atoms with Gasteiger partial charge in [0.2, 0.25) is 5.88 Å². The standard InChI is InChI=1S/C26H31N3O4/c1-6-21(25(30)33-26(3,4)5)32-24-18-12-16(2)29(14-17-10-8-7-9-11-17)22(18)19(13-28-24)23-20(27)15-31-23/h7-13,21H,6,14-15,27H2,1-5H3. The first kappa shape index (κ1) is 22.7. The number of aromatic nitrogens is 2. The number of hydrogen-bond donors (Lipinski definition) is 1. The molecule has 0 fully saturated rings. The van der Waals surface area contributed by atoms with Crippen molar-refractivity contribution in [3.05, 3.63) is 65.1 Å². The number of nitrogens with zero attached hydrogens (tertiary/aromatic N) is 2. The lowest BCUT2D eigenvalue weighted by Crippen LogP contribution is -2.35. The van der Waals surface area contributed by atoms with E-state index >= 15 is 0 Å². The van der Waals surface area contributed by atoms with Crippen molar-refractivity contribution in [1.29, 1.82) is 0 Å². The van der Waals surface area contributed by atoms with E-state index in [1.54, 1.807) is 6.20 Å². The van der Waals surface area contributed by atoms with Gasteiger partial charge < -0.3 is 24.5 Å². The summed E-state index contributed by atoms with van der Waals surface area (Å²) < 4.78 is 19.5. The lowest BCUT2D eigenvalue weighted by Gasteiger charge is -2.25. The van der Waals surface area contributed by atoms with Gasteiger partial charge in [-0.2, -0.15) is 0 Å². The second-order valence-corrected chi connectivity index (χ2v) is 9.29. The molecule has 1 unspecified atom stereocenters. The topological polar surface area (TPSA) is 88.6 Å². The Hall–Kier alpha value is -3.48. The van der Waals surface area contributed by atoms with Crippen LogP contribution >= 0.6 is 0 Å². The second kappa shape index (κ2) is 8.81. The van der Waals surface area contributed by atoms with Gasteiger partial charge in [-0.1, -0.05) is 37.3 Å². The summed E-state index contributed by atoms with van der Waals surface area (Å²) in [5.74, 6) is 0.629. The third kappa shape index (κ3) is 4.67. The van der Waals surface area contributed by atoms with E-state index in [9.17, 15) is 4.79 Å². The van der Waals surface area contributed by atoms with E-state index in [1.165, 1.54) is 5.56 Å². The zero-order valence-electron chi connectivity index (χ0n) is 19.8. The van der Waals surface area contributed by atoms with Crippen molar-refractivity contribution in [2.24, 2.45) is 5.73 Å². The molecule has 3 heterocycles. The monoisotopic (exact) mass is 449 g/mol. The van der Waals surface area contributed by atoms with Crippen LogP contribution in [0.5, 0.6) is 5.88 Å². The molecule has 1 atom stereocenters. The molecule has 174 valence electrons. The van der Waals surface area contributed by atoms with Gasteiger partial charge in [-0.25, -0.2) is 9.78 Å². The first-order chi connectivity index (χ1) is 15.7.